The van der Waals surface area contributed by atoms with Gasteiger partial charge in [-0.05, 0) is 56.3 Å². The highest BCUT2D eigenvalue weighted by Crippen LogP contribution is 2.30. The molecule has 0 aromatic heterocycles. The lowest BCUT2D eigenvalue weighted by Gasteiger charge is -2.29. The van der Waals surface area contributed by atoms with Crippen LogP contribution in [0.3, 0.4) is 0 Å². The van der Waals surface area contributed by atoms with E-state index >= 15 is 0 Å². The Kier molecular flexibility index (Phi) is 5.24. The van der Waals surface area contributed by atoms with Crippen LogP contribution >= 0.6 is 0 Å². The van der Waals surface area contributed by atoms with E-state index in [1.807, 2.05) is 61.3 Å². The van der Waals surface area contributed by atoms with E-state index in [1.54, 1.807) is 0 Å². The van der Waals surface area contributed by atoms with Crippen molar-refractivity contribution < 1.29 is 14.3 Å². The number of anilines is 1. The van der Waals surface area contributed by atoms with Crippen molar-refractivity contribution in [3.8, 4) is 11.5 Å². The zero-order valence-electron chi connectivity index (χ0n) is 14.9. The number of rotatable bonds is 5. The molecule has 3 rings (SSSR count). The summed E-state index contributed by atoms with van der Waals surface area (Å²) < 4.78 is 11.6. The quantitative estimate of drug-likeness (QED) is 0.909. The highest BCUT2D eigenvalue weighted by atomic mass is 16.6. The molecule has 5 nitrogen and oxygen atoms in total. The summed E-state index contributed by atoms with van der Waals surface area (Å²) in [5.74, 6) is 1.49. The number of benzene rings is 2. The Hall–Kier alpha value is -2.53. The van der Waals surface area contributed by atoms with Crippen molar-refractivity contribution >= 4 is 11.6 Å². The number of aryl methyl sites for hydroxylation is 2. The van der Waals surface area contributed by atoms with E-state index in [9.17, 15) is 4.79 Å². The van der Waals surface area contributed by atoms with Crippen LogP contribution in [0.1, 0.15) is 11.1 Å². The van der Waals surface area contributed by atoms with E-state index in [0.717, 1.165) is 22.7 Å². The van der Waals surface area contributed by atoms with Gasteiger partial charge in [0.05, 0.1) is 6.54 Å². The van der Waals surface area contributed by atoms with Gasteiger partial charge < -0.3 is 14.8 Å². The molecule has 132 valence electrons. The number of amides is 1. The van der Waals surface area contributed by atoms with Crippen LogP contribution in [0, 0.1) is 13.8 Å². The first-order valence-electron chi connectivity index (χ1n) is 8.45. The Morgan fingerprint density at radius 3 is 2.68 bits per heavy atom. The third-order valence-electron chi connectivity index (χ3n) is 4.29. The first-order valence-corrected chi connectivity index (χ1v) is 8.45. The summed E-state index contributed by atoms with van der Waals surface area (Å²) in [7, 11) is 1.91. The van der Waals surface area contributed by atoms with E-state index in [4.69, 9.17) is 9.47 Å². The summed E-state index contributed by atoms with van der Waals surface area (Å²) in [6.07, 6.45) is -0.0886. The predicted molar refractivity (Wildman–Crippen MR) is 98.4 cm³/mol. The van der Waals surface area contributed by atoms with E-state index in [0.29, 0.717) is 19.7 Å². The van der Waals surface area contributed by atoms with Crippen molar-refractivity contribution in [3.05, 3.63) is 53.6 Å². The number of nitrogens with one attached hydrogen (secondary N) is 1. The molecular formula is C20H24N2O3. The number of nitrogens with zero attached hydrogens (tertiary/aromatic N) is 1. The van der Waals surface area contributed by atoms with Crippen molar-refractivity contribution in [1.29, 1.82) is 0 Å². The monoisotopic (exact) mass is 340 g/mol. The van der Waals surface area contributed by atoms with Crippen LogP contribution in [0.25, 0.3) is 0 Å². The number of hydrogen-bond acceptors (Lipinski definition) is 4. The van der Waals surface area contributed by atoms with Gasteiger partial charge in [0.2, 0.25) is 5.91 Å². The molecule has 5 heteroatoms. The standard InChI is InChI=1S/C20H24N2O3/c1-14-8-9-16(10-15(14)2)21-20(23)12-22(3)11-17-13-24-18-6-4-5-7-19(18)25-17/h4-10,17H,11-13H2,1-3H3,(H,21,23). The van der Waals surface area contributed by atoms with Crippen LogP contribution in [0.5, 0.6) is 11.5 Å². The van der Waals surface area contributed by atoms with Gasteiger partial charge in [-0.25, -0.2) is 0 Å². The SMILES string of the molecule is Cc1ccc(NC(=O)CN(C)CC2COc3ccccc3O2)cc1C. The summed E-state index contributed by atoms with van der Waals surface area (Å²) in [6, 6.07) is 13.6. The fraction of sp³-hybridized carbons (Fsp3) is 0.350. The summed E-state index contributed by atoms with van der Waals surface area (Å²) in [6.45, 7) is 5.50. The Morgan fingerprint density at radius 2 is 1.92 bits per heavy atom. The molecule has 1 unspecified atom stereocenters. The second-order valence-electron chi connectivity index (χ2n) is 6.54. The van der Waals surface area contributed by atoms with Gasteiger partial charge >= 0.3 is 0 Å². The highest BCUT2D eigenvalue weighted by Gasteiger charge is 2.22. The number of fused-ring (bicyclic) bond motifs is 1. The summed E-state index contributed by atoms with van der Waals surface area (Å²) in [5.41, 5.74) is 3.20. The molecule has 1 atom stereocenters. The minimum absolute atomic E-state index is 0.0390. The van der Waals surface area contributed by atoms with Gasteiger partial charge in [-0.3, -0.25) is 9.69 Å². The minimum atomic E-state index is -0.0886. The molecule has 1 aliphatic rings. The average Bonchev–Trinajstić information content (AvgIpc) is 2.58. The molecule has 0 bridgehead atoms. The van der Waals surface area contributed by atoms with Crippen LogP contribution in [-0.4, -0.2) is 43.7 Å². The second kappa shape index (κ2) is 7.57. The maximum atomic E-state index is 12.2. The highest BCUT2D eigenvalue weighted by molar-refractivity contribution is 5.92. The van der Waals surface area contributed by atoms with Crippen molar-refractivity contribution in [2.45, 2.75) is 20.0 Å². The Morgan fingerprint density at radius 1 is 1.16 bits per heavy atom. The van der Waals surface area contributed by atoms with Crippen molar-refractivity contribution in [1.82, 2.24) is 4.90 Å². The number of ether oxygens (including phenoxy) is 2. The van der Waals surface area contributed by atoms with Crippen molar-refractivity contribution in [3.63, 3.8) is 0 Å². The van der Waals surface area contributed by atoms with Crippen LogP contribution < -0.4 is 14.8 Å². The minimum Gasteiger partial charge on any atom is -0.486 e. The molecule has 1 heterocycles. The zero-order valence-corrected chi connectivity index (χ0v) is 14.9. The number of hydrogen-bond donors (Lipinski definition) is 1. The molecule has 0 saturated heterocycles. The molecule has 0 saturated carbocycles. The number of likely N-dealkylation sites (N-methyl/N-ethyl adjacent to an activating group) is 1. The third-order valence-corrected chi connectivity index (χ3v) is 4.29. The first kappa shape index (κ1) is 17.3. The third kappa shape index (κ3) is 4.51. The van der Waals surface area contributed by atoms with Crippen molar-refractivity contribution in [2.24, 2.45) is 0 Å². The summed E-state index contributed by atoms with van der Waals surface area (Å²) in [5, 5.41) is 2.94. The average molecular weight is 340 g/mol. The lowest BCUT2D eigenvalue weighted by Crippen LogP contribution is -2.42. The van der Waals surface area contributed by atoms with Crippen LogP contribution in [0.15, 0.2) is 42.5 Å². The largest absolute Gasteiger partial charge is 0.486 e. The molecule has 1 N–H and O–H groups in total. The van der Waals surface area contributed by atoms with Gasteiger partial charge in [0.15, 0.2) is 11.5 Å². The Labute approximate surface area is 148 Å². The molecule has 2 aromatic carbocycles. The van der Waals surface area contributed by atoms with E-state index < -0.39 is 0 Å². The van der Waals surface area contributed by atoms with Gasteiger partial charge in [0, 0.05) is 12.2 Å². The van der Waals surface area contributed by atoms with Gasteiger partial charge in [-0.15, -0.1) is 0 Å². The topological polar surface area (TPSA) is 50.8 Å². The first-order chi connectivity index (χ1) is 12.0. The molecule has 0 radical (unpaired) electrons. The molecule has 25 heavy (non-hydrogen) atoms. The molecular weight excluding hydrogens is 316 g/mol. The zero-order chi connectivity index (χ0) is 17.8. The molecule has 1 aliphatic heterocycles. The summed E-state index contributed by atoms with van der Waals surface area (Å²) in [4.78, 5) is 14.2. The van der Waals surface area contributed by atoms with Crippen LogP contribution in [0.2, 0.25) is 0 Å². The second-order valence-corrected chi connectivity index (χ2v) is 6.54. The van der Waals surface area contributed by atoms with Gasteiger partial charge in [0.1, 0.15) is 12.7 Å². The fourth-order valence-corrected chi connectivity index (χ4v) is 2.83. The van der Waals surface area contributed by atoms with E-state index in [2.05, 4.69) is 12.2 Å². The summed E-state index contributed by atoms with van der Waals surface area (Å²) >= 11 is 0. The number of carbonyl (C=O) groups is 1. The maximum absolute atomic E-state index is 12.2. The van der Waals surface area contributed by atoms with E-state index in [1.165, 1.54) is 5.56 Å². The van der Waals surface area contributed by atoms with Gasteiger partial charge in [-0.2, -0.15) is 0 Å². The normalized spacial score (nSPS) is 15.9. The maximum Gasteiger partial charge on any atom is 0.238 e. The molecule has 0 spiro atoms. The number of carbonyl (C=O) groups excluding carboxylic acids is 1. The van der Waals surface area contributed by atoms with Crippen LogP contribution in [0.4, 0.5) is 5.69 Å². The smallest absolute Gasteiger partial charge is 0.238 e. The Bertz CT molecular complexity index is 760. The van der Waals surface area contributed by atoms with Gasteiger partial charge in [0.25, 0.3) is 0 Å². The molecule has 0 aliphatic carbocycles. The molecule has 2 aromatic rings. The number of para-hydroxylation sites is 2. The lowest BCUT2D eigenvalue weighted by atomic mass is 10.1. The predicted octanol–water partition coefficient (Wildman–Crippen LogP) is 3.01. The van der Waals surface area contributed by atoms with Gasteiger partial charge in [-0.1, -0.05) is 18.2 Å². The fourth-order valence-electron chi connectivity index (χ4n) is 2.83. The molecule has 1 amide bonds. The van der Waals surface area contributed by atoms with E-state index in [-0.39, 0.29) is 12.0 Å². The molecule has 0 fully saturated rings. The lowest BCUT2D eigenvalue weighted by molar-refractivity contribution is -0.117. The Balaban J connectivity index is 1.50. The van der Waals surface area contributed by atoms with Crippen molar-refractivity contribution in [2.75, 3.05) is 32.1 Å². The van der Waals surface area contributed by atoms with Crippen LogP contribution in [-0.2, 0) is 4.79 Å².